The number of aryl methyl sites for hydroxylation is 4. The molecule has 26 heavy (non-hydrogen) atoms. The van der Waals surface area contributed by atoms with Crippen LogP contribution in [0.4, 0.5) is 5.82 Å². The van der Waals surface area contributed by atoms with Gasteiger partial charge in [-0.25, -0.2) is 4.98 Å². The lowest BCUT2D eigenvalue weighted by atomic mass is 10.1. The molecule has 0 unspecified atom stereocenters. The van der Waals surface area contributed by atoms with E-state index in [0.29, 0.717) is 5.69 Å². The molecule has 138 valence electrons. The fourth-order valence-electron chi connectivity index (χ4n) is 3.15. The third kappa shape index (κ3) is 4.41. The number of fused-ring (bicyclic) bond motifs is 1. The quantitative estimate of drug-likeness (QED) is 0.703. The summed E-state index contributed by atoms with van der Waals surface area (Å²) in [6, 6.07) is 6.08. The van der Waals surface area contributed by atoms with E-state index in [4.69, 9.17) is 10.1 Å². The van der Waals surface area contributed by atoms with Crippen molar-refractivity contribution >= 4 is 17.7 Å². The van der Waals surface area contributed by atoms with Crippen LogP contribution in [0.2, 0.25) is 0 Å². The Hall–Kier alpha value is -2.83. The minimum Gasteiger partial charge on any atom is -0.481 e. The van der Waals surface area contributed by atoms with Gasteiger partial charge >= 0.3 is 5.97 Å². The Balaban J connectivity index is 1.59. The molecule has 0 aliphatic carbocycles. The molecule has 1 aliphatic rings. The molecule has 7 nitrogen and oxygen atoms in total. The van der Waals surface area contributed by atoms with Gasteiger partial charge in [0.15, 0.2) is 0 Å². The molecule has 1 amide bonds. The molecule has 0 saturated heterocycles. The van der Waals surface area contributed by atoms with E-state index in [-0.39, 0.29) is 18.9 Å². The number of carbonyl (C=O) groups is 2. The third-order valence-electron chi connectivity index (χ3n) is 4.54. The number of amides is 1. The average Bonchev–Trinajstić information content (AvgIpc) is 3.00. The monoisotopic (exact) mass is 356 g/mol. The molecule has 3 heterocycles. The van der Waals surface area contributed by atoms with Crippen LogP contribution in [0.3, 0.4) is 0 Å². The van der Waals surface area contributed by atoms with Crippen LogP contribution < -0.4 is 10.6 Å². The lowest BCUT2D eigenvalue weighted by Gasteiger charge is -2.17. The molecular weight excluding hydrogens is 332 g/mol. The Morgan fingerprint density at radius 2 is 2.19 bits per heavy atom. The zero-order chi connectivity index (χ0) is 18.5. The van der Waals surface area contributed by atoms with Crippen molar-refractivity contribution in [2.45, 2.75) is 32.1 Å². The number of rotatable bonds is 7. The normalized spacial score (nSPS) is 13.0. The summed E-state index contributed by atoms with van der Waals surface area (Å²) in [4.78, 5) is 27.4. The summed E-state index contributed by atoms with van der Waals surface area (Å²) in [5.74, 6) is -0.179. The number of carbonyl (C=O) groups excluding carboxylic acids is 1. The predicted molar refractivity (Wildman–Crippen MR) is 98.5 cm³/mol. The number of anilines is 1. The maximum Gasteiger partial charge on any atom is 0.305 e. The van der Waals surface area contributed by atoms with Gasteiger partial charge in [-0.3, -0.25) is 9.59 Å². The van der Waals surface area contributed by atoms with Crippen molar-refractivity contribution in [3.63, 3.8) is 0 Å². The second kappa shape index (κ2) is 8.03. The van der Waals surface area contributed by atoms with Crippen LogP contribution in [0, 0.1) is 0 Å². The molecule has 3 N–H and O–H groups in total. The fraction of sp³-hybridized carbons (Fsp3) is 0.421. The molecule has 0 atom stereocenters. The summed E-state index contributed by atoms with van der Waals surface area (Å²) in [7, 11) is 1.82. The molecular formula is C19H24N4O3. The van der Waals surface area contributed by atoms with Crippen LogP contribution in [0.5, 0.6) is 0 Å². The van der Waals surface area contributed by atoms with Crippen molar-refractivity contribution < 1.29 is 14.7 Å². The highest BCUT2D eigenvalue weighted by atomic mass is 16.4. The van der Waals surface area contributed by atoms with Gasteiger partial charge in [-0.2, -0.15) is 0 Å². The van der Waals surface area contributed by atoms with Crippen LogP contribution in [0.15, 0.2) is 24.4 Å². The maximum absolute atomic E-state index is 12.1. The average molecular weight is 356 g/mol. The number of aliphatic carboxylic acids is 1. The summed E-state index contributed by atoms with van der Waals surface area (Å²) in [6.07, 6.45) is 5.68. The first-order chi connectivity index (χ1) is 12.5. The molecule has 1 aliphatic heterocycles. The van der Waals surface area contributed by atoms with E-state index in [1.807, 2.05) is 19.3 Å². The molecule has 7 heteroatoms. The van der Waals surface area contributed by atoms with Gasteiger partial charge in [-0.15, -0.1) is 0 Å². The Kier molecular flexibility index (Phi) is 5.55. The van der Waals surface area contributed by atoms with Gasteiger partial charge in [0.1, 0.15) is 11.5 Å². The van der Waals surface area contributed by atoms with E-state index in [1.165, 1.54) is 5.56 Å². The number of pyridine rings is 1. The summed E-state index contributed by atoms with van der Waals surface area (Å²) in [5, 5.41) is 14.6. The van der Waals surface area contributed by atoms with Crippen LogP contribution in [0.1, 0.15) is 40.2 Å². The fourth-order valence-corrected chi connectivity index (χ4v) is 3.15. The van der Waals surface area contributed by atoms with E-state index < -0.39 is 5.97 Å². The molecule has 0 bridgehead atoms. The van der Waals surface area contributed by atoms with E-state index in [0.717, 1.165) is 49.3 Å². The van der Waals surface area contributed by atoms with E-state index in [1.54, 1.807) is 4.57 Å². The highest BCUT2D eigenvalue weighted by molar-refractivity contribution is 5.93. The van der Waals surface area contributed by atoms with E-state index in [2.05, 4.69) is 22.8 Å². The van der Waals surface area contributed by atoms with E-state index >= 15 is 0 Å². The summed E-state index contributed by atoms with van der Waals surface area (Å²) >= 11 is 0. The van der Waals surface area contributed by atoms with Crippen molar-refractivity contribution in [1.29, 1.82) is 0 Å². The summed E-state index contributed by atoms with van der Waals surface area (Å²) in [6.45, 7) is 1.10. The van der Waals surface area contributed by atoms with Crippen LogP contribution in [0.25, 0.3) is 0 Å². The number of aromatic nitrogens is 2. The smallest absolute Gasteiger partial charge is 0.305 e. The first-order valence-electron chi connectivity index (χ1n) is 8.91. The number of nitrogens with zero attached hydrogens (tertiary/aromatic N) is 2. The molecule has 0 fully saturated rings. The zero-order valence-corrected chi connectivity index (χ0v) is 14.9. The van der Waals surface area contributed by atoms with Crippen molar-refractivity contribution in [3.8, 4) is 0 Å². The van der Waals surface area contributed by atoms with Gasteiger partial charge in [0.25, 0.3) is 5.91 Å². The number of carboxylic acids is 1. The van der Waals surface area contributed by atoms with Crippen LogP contribution in [-0.2, 0) is 31.1 Å². The van der Waals surface area contributed by atoms with Gasteiger partial charge in [0.2, 0.25) is 0 Å². The van der Waals surface area contributed by atoms with Gasteiger partial charge in [0, 0.05) is 32.0 Å². The zero-order valence-electron chi connectivity index (χ0n) is 14.9. The summed E-state index contributed by atoms with van der Waals surface area (Å²) < 4.78 is 1.77. The standard InChI is InChI=1S/C19H24N4O3/c1-23-12-13(11-16(23)19(26)21-10-8-17(24)25)4-6-15-7-5-14-3-2-9-20-18(14)22-15/h5,7,11-12H,2-4,6,8-10H2,1H3,(H,20,22)(H,21,26)(H,24,25). The van der Waals surface area contributed by atoms with Gasteiger partial charge in [0.05, 0.1) is 6.42 Å². The number of hydrogen-bond donors (Lipinski definition) is 3. The third-order valence-corrected chi connectivity index (χ3v) is 4.54. The minimum atomic E-state index is -0.926. The van der Waals surface area contributed by atoms with Gasteiger partial charge < -0.3 is 20.3 Å². The Bertz CT molecular complexity index is 813. The largest absolute Gasteiger partial charge is 0.481 e. The van der Waals surface area contributed by atoms with Crippen molar-refractivity contribution in [2.75, 3.05) is 18.4 Å². The lowest BCUT2D eigenvalue weighted by molar-refractivity contribution is -0.136. The highest BCUT2D eigenvalue weighted by Gasteiger charge is 2.13. The summed E-state index contributed by atoms with van der Waals surface area (Å²) in [5.41, 5.74) is 3.91. The molecule has 0 saturated carbocycles. The van der Waals surface area contributed by atoms with Crippen LogP contribution >= 0.6 is 0 Å². The molecule has 3 rings (SSSR count). The second-order valence-corrected chi connectivity index (χ2v) is 6.58. The number of carboxylic acid groups (broad SMARTS) is 1. The van der Waals surface area contributed by atoms with Gasteiger partial charge in [-0.05, 0) is 48.9 Å². The predicted octanol–water partition coefficient (Wildman–Crippen LogP) is 1.77. The first-order valence-corrected chi connectivity index (χ1v) is 8.91. The Labute approximate surface area is 152 Å². The molecule has 0 radical (unpaired) electrons. The number of nitrogens with one attached hydrogen (secondary N) is 2. The lowest BCUT2D eigenvalue weighted by Crippen LogP contribution is -2.27. The van der Waals surface area contributed by atoms with E-state index in [9.17, 15) is 9.59 Å². The molecule has 0 spiro atoms. The van der Waals surface area contributed by atoms with Crippen molar-refractivity contribution in [3.05, 3.63) is 46.9 Å². The SMILES string of the molecule is Cn1cc(CCc2ccc3c(n2)NCCC3)cc1C(=O)NCCC(=O)O. The Morgan fingerprint density at radius 3 is 3.00 bits per heavy atom. The minimum absolute atomic E-state index is 0.0823. The second-order valence-electron chi connectivity index (χ2n) is 6.58. The maximum atomic E-state index is 12.1. The molecule has 2 aromatic heterocycles. The first kappa shape index (κ1) is 18.0. The molecule has 2 aromatic rings. The Morgan fingerprint density at radius 1 is 1.35 bits per heavy atom. The van der Waals surface area contributed by atoms with Crippen molar-refractivity contribution in [2.24, 2.45) is 7.05 Å². The van der Waals surface area contributed by atoms with Crippen LogP contribution in [-0.4, -0.2) is 39.6 Å². The van der Waals surface area contributed by atoms with Crippen molar-refractivity contribution in [1.82, 2.24) is 14.9 Å². The highest BCUT2D eigenvalue weighted by Crippen LogP contribution is 2.20. The topological polar surface area (TPSA) is 96.3 Å². The molecule has 0 aromatic carbocycles. The number of hydrogen-bond acceptors (Lipinski definition) is 4. The van der Waals surface area contributed by atoms with Gasteiger partial charge in [-0.1, -0.05) is 6.07 Å².